The van der Waals surface area contributed by atoms with Gasteiger partial charge in [-0.1, -0.05) is 34.1 Å². The van der Waals surface area contributed by atoms with Gasteiger partial charge < -0.3 is 5.11 Å². The summed E-state index contributed by atoms with van der Waals surface area (Å²) in [5.41, 5.74) is 1.68. The quantitative estimate of drug-likeness (QED) is 0.812. The number of rotatable bonds is 2. The molecule has 1 aromatic rings. The van der Waals surface area contributed by atoms with E-state index in [1.807, 2.05) is 18.2 Å². The van der Waals surface area contributed by atoms with E-state index in [9.17, 15) is 4.79 Å². The van der Waals surface area contributed by atoms with Gasteiger partial charge in [-0.2, -0.15) is 0 Å². The first kappa shape index (κ1) is 10.1. The minimum Gasteiger partial charge on any atom is -0.465 e. The molecule has 3 nitrogen and oxygen atoms in total. The van der Waals surface area contributed by atoms with Crippen LogP contribution in [0, 0.1) is 0 Å². The molecule has 0 bridgehead atoms. The molecule has 1 aromatic carbocycles. The Bertz CT molecular complexity index is 314. The van der Waals surface area contributed by atoms with Crippen molar-refractivity contribution in [3.8, 4) is 0 Å². The van der Waals surface area contributed by atoms with Gasteiger partial charge in [-0.25, -0.2) is 4.79 Å². The lowest BCUT2D eigenvalue weighted by Gasteiger charge is -2.15. The standard InChI is InChI=1S/C9H10BrNO2/c1-11(9(12)13)8-5-3-2-4-7(8)6-10/h2-5H,6H2,1H3,(H,12,13). The zero-order valence-electron chi connectivity index (χ0n) is 7.20. The van der Waals surface area contributed by atoms with E-state index in [-0.39, 0.29) is 0 Å². The van der Waals surface area contributed by atoms with Crippen molar-refractivity contribution in [2.45, 2.75) is 5.33 Å². The van der Waals surface area contributed by atoms with Crippen LogP contribution in [0.1, 0.15) is 5.56 Å². The Kier molecular flexibility index (Phi) is 3.31. The third-order valence-electron chi connectivity index (χ3n) is 1.78. The molecule has 0 aliphatic heterocycles. The number of benzene rings is 1. The lowest BCUT2D eigenvalue weighted by Crippen LogP contribution is -2.24. The zero-order chi connectivity index (χ0) is 9.84. The monoisotopic (exact) mass is 243 g/mol. The molecule has 0 unspecified atom stereocenters. The predicted octanol–water partition coefficient (Wildman–Crippen LogP) is 2.70. The lowest BCUT2D eigenvalue weighted by molar-refractivity contribution is 0.203. The molecule has 0 aliphatic carbocycles. The third-order valence-corrected chi connectivity index (χ3v) is 2.39. The van der Waals surface area contributed by atoms with Crippen molar-refractivity contribution in [1.29, 1.82) is 0 Å². The molecule has 0 saturated carbocycles. The average Bonchev–Trinajstić information content (AvgIpc) is 2.16. The molecule has 0 aromatic heterocycles. The van der Waals surface area contributed by atoms with Crippen molar-refractivity contribution in [3.05, 3.63) is 29.8 Å². The molecule has 0 atom stereocenters. The smallest absolute Gasteiger partial charge is 0.411 e. The molecule has 0 radical (unpaired) electrons. The summed E-state index contributed by atoms with van der Waals surface area (Å²) in [5.74, 6) is 0. The van der Waals surface area contributed by atoms with Gasteiger partial charge in [-0.15, -0.1) is 0 Å². The van der Waals surface area contributed by atoms with Crippen LogP contribution in [-0.2, 0) is 5.33 Å². The van der Waals surface area contributed by atoms with Gasteiger partial charge in [-0.05, 0) is 11.6 Å². The van der Waals surface area contributed by atoms with Crippen molar-refractivity contribution < 1.29 is 9.90 Å². The van der Waals surface area contributed by atoms with Crippen LogP contribution < -0.4 is 4.90 Å². The molecule has 1 rings (SSSR count). The van der Waals surface area contributed by atoms with Crippen molar-refractivity contribution in [2.75, 3.05) is 11.9 Å². The molecule has 0 heterocycles. The molecule has 0 fully saturated rings. The normalized spacial score (nSPS) is 9.69. The highest BCUT2D eigenvalue weighted by Gasteiger charge is 2.10. The number of hydrogen-bond donors (Lipinski definition) is 1. The highest BCUT2D eigenvalue weighted by atomic mass is 79.9. The molecule has 1 amide bonds. The second kappa shape index (κ2) is 4.28. The summed E-state index contributed by atoms with van der Waals surface area (Å²) in [5, 5.41) is 9.42. The van der Waals surface area contributed by atoms with Gasteiger partial charge in [0.1, 0.15) is 0 Å². The highest BCUT2D eigenvalue weighted by molar-refractivity contribution is 9.08. The first-order valence-corrected chi connectivity index (χ1v) is 4.89. The van der Waals surface area contributed by atoms with Crippen molar-refractivity contribution in [1.82, 2.24) is 0 Å². The van der Waals surface area contributed by atoms with E-state index in [1.54, 1.807) is 6.07 Å². The Balaban J connectivity index is 3.05. The van der Waals surface area contributed by atoms with E-state index < -0.39 is 6.09 Å². The van der Waals surface area contributed by atoms with Crippen LogP contribution in [0.3, 0.4) is 0 Å². The minimum atomic E-state index is -0.951. The minimum absolute atomic E-state index is 0.654. The van der Waals surface area contributed by atoms with Gasteiger partial charge in [0.2, 0.25) is 0 Å². The summed E-state index contributed by atoms with van der Waals surface area (Å²) in [6.07, 6.45) is -0.951. The first-order chi connectivity index (χ1) is 6.16. The van der Waals surface area contributed by atoms with E-state index >= 15 is 0 Å². The third kappa shape index (κ3) is 2.21. The number of amides is 1. The molecule has 0 saturated heterocycles. The number of anilines is 1. The van der Waals surface area contributed by atoms with Gasteiger partial charge >= 0.3 is 6.09 Å². The molecule has 0 aliphatic rings. The zero-order valence-corrected chi connectivity index (χ0v) is 8.78. The average molecular weight is 244 g/mol. The SMILES string of the molecule is CN(C(=O)O)c1ccccc1CBr. The van der Waals surface area contributed by atoms with Crippen molar-refractivity contribution >= 4 is 27.7 Å². The number of alkyl halides is 1. The van der Waals surface area contributed by atoms with Gasteiger partial charge in [0.05, 0.1) is 5.69 Å². The van der Waals surface area contributed by atoms with Crippen LogP contribution in [0.25, 0.3) is 0 Å². The number of carboxylic acid groups (broad SMARTS) is 1. The Hall–Kier alpha value is -1.03. The number of nitrogens with zero attached hydrogens (tertiary/aromatic N) is 1. The van der Waals surface area contributed by atoms with E-state index in [1.165, 1.54) is 11.9 Å². The maximum absolute atomic E-state index is 10.7. The van der Waals surface area contributed by atoms with Crippen LogP contribution in [-0.4, -0.2) is 18.2 Å². The van der Waals surface area contributed by atoms with Gasteiger partial charge in [0.15, 0.2) is 0 Å². The van der Waals surface area contributed by atoms with Gasteiger partial charge in [0.25, 0.3) is 0 Å². The maximum atomic E-state index is 10.7. The largest absolute Gasteiger partial charge is 0.465 e. The summed E-state index contributed by atoms with van der Waals surface area (Å²) >= 11 is 3.31. The summed E-state index contributed by atoms with van der Waals surface area (Å²) in [7, 11) is 1.53. The van der Waals surface area contributed by atoms with Crippen LogP contribution in [0.15, 0.2) is 24.3 Å². The molecular formula is C9H10BrNO2. The number of para-hydroxylation sites is 1. The summed E-state index contributed by atoms with van der Waals surface area (Å²) < 4.78 is 0. The lowest BCUT2D eigenvalue weighted by atomic mass is 10.2. The molecule has 0 spiro atoms. The number of hydrogen-bond acceptors (Lipinski definition) is 1. The highest BCUT2D eigenvalue weighted by Crippen LogP contribution is 2.21. The Morgan fingerprint density at radius 2 is 2.15 bits per heavy atom. The number of carbonyl (C=O) groups is 1. The van der Waals surface area contributed by atoms with Gasteiger partial charge in [0, 0.05) is 12.4 Å². The van der Waals surface area contributed by atoms with Crippen LogP contribution in [0.4, 0.5) is 10.5 Å². The van der Waals surface area contributed by atoms with E-state index in [4.69, 9.17) is 5.11 Å². The van der Waals surface area contributed by atoms with Crippen LogP contribution >= 0.6 is 15.9 Å². The topological polar surface area (TPSA) is 40.5 Å². The predicted molar refractivity (Wildman–Crippen MR) is 55.5 cm³/mol. The molecule has 70 valence electrons. The molecular weight excluding hydrogens is 234 g/mol. The summed E-state index contributed by atoms with van der Waals surface area (Å²) in [6.45, 7) is 0. The van der Waals surface area contributed by atoms with Gasteiger partial charge in [-0.3, -0.25) is 4.90 Å². The molecule has 13 heavy (non-hydrogen) atoms. The first-order valence-electron chi connectivity index (χ1n) is 3.77. The van der Waals surface area contributed by atoms with E-state index in [0.29, 0.717) is 11.0 Å². The van der Waals surface area contributed by atoms with Crippen molar-refractivity contribution in [2.24, 2.45) is 0 Å². The maximum Gasteiger partial charge on any atom is 0.411 e. The fraction of sp³-hybridized carbons (Fsp3) is 0.222. The van der Waals surface area contributed by atoms with Crippen LogP contribution in [0.2, 0.25) is 0 Å². The van der Waals surface area contributed by atoms with E-state index in [2.05, 4.69) is 15.9 Å². The second-order valence-electron chi connectivity index (χ2n) is 2.60. The fourth-order valence-corrected chi connectivity index (χ4v) is 1.53. The second-order valence-corrected chi connectivity index (χ2v) is 3.16. The van der Waals surface area contributed by atoms with Crippen LogP contribution in [0.5, 0.6) is 0 Å². The Morgan fingerprint density at radius 3 is 2.69 bits per heavy atom. The Morgan fingerprint density at radius 1 is 1.54 bits per heavy atom. The molecule has 4 heteroatoms. The Labute approximate surface area is 85.1 Å². The molecule has 1 N–H and O–H groups in total. The van der Waals surface area contributed by atoms with E-state index in [0.717, 1.165) is 5.56 Å². The number of halogens is 1. The summed E-state index contributed by atoms with van der Waals surface area (Å²) in [4.78, 5) is 11.9. The van der Waals surface area contributed by atoms with Crippen molar-refractivity contribution in [3.63, 3.8) is 0 Å². The fourth-order valence-electron chi connectivity index (χ4n) is 1.05. The summed E-state index contributed by atoms with van der Waals surface area (Å²) in [6, 6.07) is 7.38.